The second-order valence-corrected chi connectivity index (χ2v) is 9.31. The molecular formula is C28H50O8. The molecule has 1 aliphatic heterocycles. The van der Waals surface area contributed by atoms with Crippen molar-refractivity contribution in [3.8, 4) is 0 Å². The van der Waals surface area contributed by atoms with Crippen LogP contribution in [-0.4, -0.2) is 81.9 Å². The molecule has 0 aromatic carbocycles. The Hall–Kier alpha value is -1.32. The Morgan fingerprint density at radius 3 is 1.89 bits per heavy atom. The third-order valence-corrected chi connectivity index (χ3v) is 6.35. The molecule has 210 valence electrons. The second-order valence-electron chi connectivity index (χ2n) is 9.31. The van der Waals surface area contributed by atoms with E-state index in [4.69, 9.17) is 28.4 Å². The van der Waals surface area contributed by atoms with Crippen molar-refractivity contribution >= 4 is 11.8 Å². The molecule has 8 heteroatoms. The van der Waals surface area contributed by atoms with E-state index in [1.807, 2.05) is 0 Å². The van der Waals surface area contributed by atoms with Gasteiger partial charge >= 0.3 is 5.97 Å². The van der Waals surface area contributed by atoms with Crippen molar-refractivity contribution in [2.75, 3.05) is 40.1 Å². The Morgan fingerprint density at radius 1 is 0.833 bits per heavy atom. The Bertz CT molecular complexity index is 625. The monoisotopic (exact) mass is 514 g/mol. The molecule has 0 aromatic heterocycles. The largest absolute Gasteiger partial charge is 0.463 e. The zero-order valence-corrected chi connectivity index (χ0v) is 23.3. The summed E-state index contributed by atoms with van der Waals surface area (Å²) in [6.07, 6.45) is 6.25. The molecule has 1 fully saturated rings. The van der Waals surface area contributed by atoms with Gasteiger partial charge in [-0.15, -0.1) is 6.58 Å². The highest BCUT2D eigenvalue weighted by molar-refractivity contribution is 6.37. The van der Waals surface area contributed by atoms with E-state index in [1.54, 1.807) is 6.08 Å². The quantitative estimate of drug-likeness (QED) is 0.0933. The molecule has 5 atom stereocenters. The van der Waals surface area contributed by atoms with E-state index in [1.165, 1.54) is 7.11 Å². The normalized spacial score (nSPS) is 26.0. The number of hydrogen-bond acceptors (Lipinski definition) is 8. The summed E-state index contributed by atoms with van der Waals surface area (Å²) in [5, 5.41) is 0. The number of unbranched alkanes of at least 4 members (excludes halogenated alkanes) is 4. The Kier molecular flexibility index (Phi) is 17.1. The number of ether oxygens (including phenoxy) is 6. The highest BCUT2D eigenvalue weighted by atomic mass is 16.6. The molecule has 0 N–H and O–H groups in total. The van der Waals surface area contributed by atoms with Gasteiger partial charge in [0.2, 0.25) is 0 Å². The van der Waals surface area contributed by atoms with E-state index in [2.05, 4.69) is 34.3 Å². The van der Waals surface area contributed by atoms with Crippen LogP contribution in [-0.2, 0) is 38.0 Å². The zero-order valence-electron chi connectivity index (χ0n) is 23.3. The zero-order chi connectivity index (χ0) is 26.8. The van der Waals surface area contributed by atoms with Crippen LogP contribution in [0, 0.1) is 0 Å². The fourth-order valence-electron chi connectivity index (χ4n) is 4.24. The Balaban J connectivity index is 3.53. The third kappa shape index (κ3) is 9.53. The van der Waals surface area contributed by atoms with Gasteiger partial charge in [0.1, 0.15) is 24.4 Å². The fourth-order valence-corrected chi connectivity index (χ4v) is 4.24. The minimum absolute atomic E-state index is 0.0680. The van der Waals surface area contributed by atoms with Gasteiger partial charge in [-0.2, -0.15) is 0 Å². The summed E-state index contributed by atoms with van der Waals surface area (Å²) >= 11 is 0. The van der Waals surface area contributed by atoms with Gasteiger partial charge in [-0.05, 0) is 25.7 Å². The van der Waals surface area contributed by atoms with Crippen LogP contribution in [0.1, 0.15) is 85.5 Å². The lowest BCUT2D eigenvalue weighted by Crippen LogP contribution is -2.70. The molecule has 0 aromatic rings. The molecule has 1 saturated heterocycles. The van der Waals surface area contributed by atoms with E-state index >= 15 is 0 Å². The van der Waals surface area contributed by atoms with E-state index in [0.29, 0.717) is 26.4 Å². The number of rotatable bonds is 21. The van der Waals surface area contributed by atoms with Crippen LogP contribution in [0.15, 0.2) is 12.7 Å². The SMILES string of the molecule is C=CC[C@]1(C(=O)C(=O)OC)OC(COCCCC)[C@@H](OCCCC)[C@H](OCCCC)C1OCCCC. The van der Waals surface area contributed by atoms with Gasteiger partial charge in [0.15, 0.2) is 5.60 Å². The van der Waals surface area contributed by atoms with E-state index < -0.39 is 41.8 Å². The van der Waals surface area contributed by atoms with Gasteiger partial charge in [-0.1, -0.05) is 59.5 Å². The topological polar surface area (TPSA) is 89.5 Å². The maximum absolute atomic E-state index is 13.6. The van der Waals surface area contributed by atoms with E-state index in [9.17, 15) is 9.59 Å². The average Bonchev–Trinajstić information content (AvgIpc) is 2.88. The number of hydrogen-bond donors (Lipinski definition) is 0. The van der Waals surface area contributed by atoms with Gasteiger partial charge in [-0.3, -0.25) is 4.79 Å². The standard InChI is InChI=1S/C28H50O8/c1-7-12-17-32-21-22-23(33-18-13-8-2)24(34-19-14-9-3)26(35-20-15-10-4)28(36-22,16-11-5)25(29)27(30)31-6/h11,22-24,26H,5,7-10,12-21H2,1-4,6H3/t22?,23-,24+,26?,28-/m1/s1. The average molecular weight is 515 g/mol. The fraction of sp³-hybridized carbons (Fsp3) is 0.857. The third-order valence-electron chi connectivity index (χ3n) is 6.35. The molecule has 2 unspecified atom stereocenters. The van der Waals surface area contributed by atoms with Crippen LogP contribution in [0.5, 0.6) is 0 Å². The van der Waals surface area contributed by atoms with Crippen molar-refractivity contribution in [2.24, 2.45) is 0 Å². The van der Waals surface area contributed by atoms with Crippen LogP contribution < -0.4 is 0 Å². The molecular weight excluding hydrogens is 464 g/mol. The summed E-state index contributed by atoms with van der Waals surface area (Å²) in [6.45, 7) is 14.4. The Morgan fingerprint density at radius 2 is 1.36 bits per heavy atom. The summed E-state index contributed by atoms with van der Waals surface area (Å²) in [5.74, 6) is -1.79. The van der Waals surface area contributed by atoms with Gasteiger partial charge in [0.25, 0.3) is 5.78 Å². The number of ketones is 1. The summed E-state index contributed by atoms with van der Waals surface area (Å²) in [4.78, 5) is 26.2. The Labute approximate surface area is 218 Å². The van der Waals surface area contributed by atoms with Crippen LogP contribution in [0.25, 0.3) is 0 Å². The lowest BCUT2D eigenvalue weighted by atomic mass is 9.78. The van der Waals surface area contributed by atoms with Crippen molar-refractivity contribution in [3.05, 3.63) is 12.7 Å². The predicted molar refractivity (Wildman–Crippen MR) is 139 cm³/mol. The lowest BCUT2D eigenvalue weighted by molar-refractivity contribution is -0.292. The number of Topliss-reactive ketones (excluding diaryl/α,β-unsaturated/α-hetero) is 1. The van der Waals surface area contributed by atoms with Crippen LogP contribution in [0.4, 0.5) is 0 Å². The maximum Gasteiger partial charge on any atom is 0.377 e. The molecule has 0 radical (unpaired) electrons. The van der Waals surface area contributed by atoms with Crippen molar-refractivity contribution in [1.82, 2.24) is 0 Å². The first-order chi connectivity index (χ1) is 17.5. The number of carbonyl (C=O) groups is 2. The van der Waals surface area contributed by atoms with E-state index in [0.717, 1.165) is 51.4 Å². The summed E-state index contributed by atoms with van der Waals surface area (Å²) in [5.41, 5.74) is -1.65. The van der Waals surface area contributed by atoms with Crippen LogP contribution >= 0.6 is 0 Å². The van der Waals surface area contributed by atoms with Crippen LogP contribution in [0.3, 0.4) is 0 Å². The first-order valence-electron chi connectivity index (χ1n) is 13.8. The van der Waals surface area contributed by atoms with Gasteiger partial charge < -0.3 is 28.4 Å². The first-order valence-corrected chi connectivity index (χ1v) is 13.8. The number of esters is 1. The number of carbonyl (C=O) groups excluding carboxylic acids is 2. The molecule has 0 aliphatic carbocycles. The van der Waals surface area contributed by atoms with Gasteiger partial charge in [0.05, 0.1) is 13.7 Å². The second kappa shape index (κ2) is 18.9. The predicted octanol–water partition coefficient (Wildman–Crippen LogP) is 4.81. The summed E-state index contributed by atoms with van der Waals surface area (Å²) in [7, 11) is 1.19. The number of methoxy groups -OCH3 is 1. The maximum atomic E-state index is 13.6. The molecule has 1 rings (SSSR count). The highest BCUT2D eigenvalue weighted by Crippen LogP contribution is 2.39. The molecule has 8 nitrogen and oxygen atoms in total. The smallest absolute Gasteiger partial charge is 0.377 e. The highest BCUT2D eigenvalue weighted by Gasteiger charge is 2.61. The van der Waals surface area contributed by atoms with Crippen molar-refractivity contribution < 1.29 is 38.0 Å². The van der Waals surface area contributed by atoms with Crippen molar-refractivity contribution in [2.45, 2.75) is 115 Å². The molecule has 0 amide bonds. The minimum atomic E-state index is -1.65. The molecule has 1 aliphatic rings. The van der Waals surface area contributed by atoms with Gasteiger partial charge in [0, 0.05) is 32.8 Å². The summed E-state index contributed by atoms with van der Waals surface area (Å²) < 4.78 is 36.4. The first kappa shape index (κ1) is 32.7. The summed E-state index contributed by atoms with van der Waals surface area (Å²) in [6, 6.07) is 0. The van der Waals surface area contributed by atoms with Crippen molar-refractivity contribution in [1.29, 1.82) is 0 Å². The van der Waals surface area contributed by atoms with E-state index in [-0.39, 0.29) is 13.0 Å². The van der Waals surface area contributed by atoms with Gasteiger partial charge in [-0.25, -0.2) is 4.79 Å². The van der Waals surface area contributed by atoms with Crippen molar-refractivity contribution in [3.63, 3.8) is 0 Å². The minimum Gasteiger partial charge on any atom is -0.463 e. The molecule has 0 saturated carbocycles. The molecule has 0 bridgehead atoms. The lowest BCUT2D eigenvalue weighted by Gasteiger charge is -2.51. The molecule has 1 heterocycles. The molecule has 0 spiro atoms. The van der Waals surface area contributed by atoms with Crippen LogP contribution in [0.2, 0.25) is 0 Å². The molecule has 36 heavy (non-hydrogen) atoms.